The number of carboxylic acids is 1. The molecule has 0 aromatic rings. The van der Waals surface area contributed by atoms with E-state index in [2.05, 4.69) is 10.6 Å². The molecule has 0 aromatic carbocycles. The highest BCUT2D eigenvalue weighted by Gasteiger charge is 2.13. The zero-order valence-corrected chi connectivity index (χ0v) is 11.1. The van der Waals surface area contributed by atoms with Crippen molar-refractivity contribution in [2.24, 2.45) is 5.73 Å². The van der Waals surface area contributed by atoms with Crippen molar-refractivity contribution in [3.63, 3.8) is 0 Å². The third-order valence-corrected chi connectivity index (χ3v) is 2.98. The summed E-state index contributed by atoms with van der Waals surface area (Å²) in [5, 5.41) is 13.2. The summed E-state index contributed by atoms with van der Waals surface area (Å²) in [7, 11) is 0. The fourth-order valence-electron chi connectivity index (χ4n) is 0.935. The van der Waals surface area contributed by atoms with Crippen LogP contribution in [0.25, 0.3) is 0 Å². The Hall–Kier alpha value is -1.28. The van der Waals surface area contributed by atoms with Gasteiger partial charge in [0.15, 0.2) is 0 Å². The maximum absolute atomic E-state index is 11.3. The topological polar surface area (TPSA) is 122 Å². The number of hydrogen-bond donors (Lipinski definition) is 4. The van der Waals surface area contributed by atoms with Crippen LogP contribution < -0.4 is 16.4 Å². The summed E-state index contributed by atoms with van der Waals surface area (Å²) in [5.74, 6) is -1.45. The zero-order valence-electron chi connectivity index (χ0n) is 10.3. The fourth-order valence-corrected chi connectivity index (χ4v) is 1.71. The molecule has 104 valence electrons. The number of hydrogen-bond acceptors (Lipinski definition) is 5. The van der Waals surface area contributed by atoms with Gasteiger partial charge in [-0.15, -0.1) is 11.8 Å². The maximum Gasteiger partial charge on any atom is 0.321 e. The van der Waals surface area contributed by atoms with Crippen molar-refractivity contribution in [2.45, 2.75) is 25.8 Å². The van der Waals surface area contributed by atoms with Gasteiger partial charge in [0.25, 0.3) is 0 Å². The molecule has 0 radical (unpaired) electrons. The van der Waals surface area contributed by atoms with Gasteiger partial charge in [-0.25, -0.2) is 4.79 Å². The van der Waals surface area contributed by atoms with Gasteiger partial charge in [-0.3, -0.25) is 14.9 Å². The molecule has 0 fully saturated rings. The summed E-state index contributed by atoms with van der Waals surface area (Å²) in [4.78, 5) is 32.8. The molecule has 18 heavy (non-hydrogen) atoms. The van der Waals surface area contributed by atoms with E-state index in [4.69, 9.17) is 10.8 Å². The first kappa shape index (κ1) is 16.7. The number of urea groups is 1. The van der Waals surface area contributed by atoms with Crippen molar-refractivity contribution in [3.8, 4) is 0 Å². The number of imide groups is 1. The minimum atomic E-state index is -1.11. The van der Waals surface area contributed by atoms with Crippen LogP contribution in [0.4, 0.5) is 4.79 Å². The van der Waals surface area contributed by atoms with Crippen molar-refractivity contribution in [1.29, 1.82) is 0 Å². The average Bonchev–Trinajstić information content (AvgIpc) is 2.28. The second kappa shape index (κ2) is 9.72. The zero-order chi connectivity index (χ0) is 14.0. The molecule has 0 bridgehead atoms. The Kier molecular flexibility index (Phi) is 9.03. The highest BCUT2D eigenvalue weighted by Crippen LogP contribution is 2.01. The second-order valence-electron chi connectivity index (χ2n) is 3.62. The molecule has 5 N–H and O–H groups in total. The van der Waals surface area contributed by atoms with Gasteiger partial charge in [0.05, 0.1) is 5.75 Å². The van der Waals surface area contributed by atoms with Crippen LogP contribution in [0.5, 0.6) is 0 Å². The molecule has 0 rings (SSSR count). The van der Waals surface area contributed by atoms with Gasteiger partial charge < -0.3 is 16.2 Å². The van der Waals surface area contributed by atoms with Crippen LogP contribution in [0.15, 0.2) is 0 Å². The summed E-state index contributed by atoms with van der Waals surface area (Å²) in [6.07, 6.45) is 1.81. The second-order valence-corrected chi connectivity index (χ2v) is 4.65. The predicted octanol–water partition coefficient (Wildman–Crippen LogP) is -0.243. The Bertz CT molecular complexity index is 299. The Morgan fingerprint density at radius 1 is 1.39 bits per heavy atom. The van der Waals surface area contributed by atoms with E-state index < -0.39 is 23.9 Å². The summed E-state index contributed by atoms with van der Waals surface area (Å²) in [6, 6.07) is -1.53. The minimum Gasteiger partial charge on any atom is -0.480 e. The van der Waals surface area contributed by atoms with Gasteiger partial charge in [-0.1, -0.05) is 13.3 Å². The van der Waals surface area contributed by atoms with E-state index in [0.717, 1.165) is 24.6 Å². The van der Waals surface area contributed by atoms with E-state index in [1.165, 1.54) is 0 Å². The molecule has 0 aliphatic carbocycles. The standard InChI is InChI=1S/C10H19N3O4S/c1-2-3-4-12-10(17)13-8(14)6-18-5-7(11)9(15)16/h7H,2-6,11H2,1H3,(H,15,16)(H2,12,13,14,17)/t7-/m1/s1. The maximum atomic E-state index is 11.3. The van der Waals surface area contributed by atoms with E-state index in [1.807, 2.05) is 6.92 Å². The van der Waals surface area contributed by atoms with Crippen molar-refractivity contribution in [2.75, 3.05) is 18.1 Å². The number of thioether (sulfide) groups is 1. The molecule has 0 aliphatic heterocycles. The Labute approximate surface area is 110 Å². The lowest BCUT2D eigenvalue weighted by Gasteiger charge is -2.07. The molecular formula is C10H19N3O4S. The highest BCUT2D eigenvalue weighted by atomic mass is 32.2. The largest absolute Gasteiger partial charge is 0.480 e. The smallest absolute Gasteiger partial charge is 0.321 e. The lowest BCUT2D eigenvalue weighted by Crippen LogP contribution is -2.41. The summed E-state index contributed by atoms with van der Waals surface area (Å²) in [6.45, 7) is 2.51. The number of rotatable bonds is 8. The highest BCUT2D eigenvalue weighted by molar-refractivity contribution is 8.00. The van der Waals surface area contributed by atoms with Crippen LogP contribution in [0, 0.1) is 0 Å². The first-order valence-electron chi connectivity index (χ1n) is 5.61. The SMILES string of the molecule is CCCCNC(=O)NC(=O)CSC[C@@H](N)C(=O)O. The molecular weight excluding hydrogens is 258 g/mol. The monoisotopic (exact) mass is 277 g/mol. The van der Waals surface area contributed by atoms with Crippen LogP contribution in [-0.4, -0.2) is 47.1 Å². The van der Waals surface area contributed by atoms with Crippen LogP contribution >= 0.6 is 11.8 Å². The Balaban J connectivity index is 3.64. The van der Waals surface area contributed by atoms with Gasteiger partial charge in [0.1, 0.15) is 6.04 Å². The van der Waals surface area contributed by atoms with Gasteiger partial charge in [-0.2, -0.15) is 0 Å². The molecule has 8 heteroatoms. The molecule has 0 saturated heterocycles. The number of carbonyl (C=O) groups is 3. The summed E-state index contributed by atoms with van der Waals surface area (Å²) in [5.41, 5.74) is 5.25. The molecule has 3 amide bonds. The van der Waals surface area contributed by atoms with Crippen LogP contribution in [-0.2, 0) is 9.59 Å². The van der Waals surface area contributed by atoms with Crippen molar-refractivity contribution in [3.05, 3.63) is 0 Å². The van der Waals surface area contributed by atoms with Crippen molar-refractivity contribution >= 4 is 29.7 Å². The van der Waals surface area contributed by atoms with Gasteiger partial charge in [-0.05, 0) is 6.42 Å². The van der Waals surface area contributed by atoms with Crippen LogP contribution in [0.2, 0.25) is 0 Å². The Morgan fingerprint density at radius 2 is 2.06 bits per heavy atom. The van der Waals surface area contributed by atoms with E-state index >= 15 is 0 Å². The van der Waals surface area contributed by atoms with E-state index in [0.29, 0.717) is 6.54 Å². The quantitative estimate of drug-likeness (QED) is 0.454. The number of amides is 3. The number of unbranched alkanes of at least 4 members (excludes halogenated alkanes) is 1. The van der Waals surface area contributed by atoms with Crippen molar-refractivity contribution in [1.82, 2.24) is 10.6 Å². The molecule has 7 nitrogen and oxygen atoms in total. The number of nitrogens with two attached hydrogens (primary N) is 1. The minimum absolute atomic E-state index is 0.00216. The summed E-state index contributed by atoms with van der Waals surface area (Å²) < 4.78 is 0. The predicted molar refractivity (Wildman–Crippen MR) is 69.4 cm³/mol. The molecule has 0 aliphatic rings. The number of nitrogens with one attached hydrogen (secondary N) is 2. The van der Waals surface area contributed by atoms with E-state index in [-0.39, 0.29) is 11.5 Å². The lowest BCUT2D eigenvalue weighted by molar-refractivity contribution is -0.138. The van der Waals surface area contributed by atoms with Crippen LogP contribution in [0.1, 0.15) is 19.8 Å². The first-order valence-corrected chi connectivity index (χ1v) is 6.76. The molecule has 1 atom stereocenters. The molecule has 0 spiro atoms. The van der Waals surface area contributed by atoms with Gasteiger partial charge in [0, 0.05) is 12.3 Å². The normalized spacial score (nSPS) is 11.7. The molecule has 0 saturated carbocycles. The van der Waals surface area contributed by atoms with Crippen molar-refractivity contribution < 1.29 is 19.5 Å². The number of carbonyl (C=O) groups excluding carboxylic acids is 2. The van der Waals surface area contributed by atoms with E-state index in [1.54, 1.807) is 0 Å². The lowest BCUT2D eigenvalue weighted by atomic mass is 10.3. The van der Waals surface area contributed by atoms with E-state index in [9.17, 15) is 14.4 Å². The number of carboxylic acid groups (broad SMARTS) is 1. The van der Waals surface area contributed by atoms with Gasteiger partial charge >= 0.3 is 12.0 Å². The summed E-state index contributed by atoms with van der Waals surface area (Å²) >= 11 is 1.07. The van der Waals surface area contributed by atoms with Gasteiger partial charge in [0.2, 0.25) is 5.91 Å². The average molecular weight is 277 g/mol. The third-order valence-electron chi connectivity index (χ3n) is 1.92. The molecule has 0 unspecified atom stereocenters. The molecule has 0 aromatic heterocycles. The molecule has 0 heterocycles. The first-order chi connectivity index (χ1) is 8.47. The number of aliphatic carboxylic acids is 1. The fraction of sp³-hybridized carbons (Fsp3) is 0.700. The van der Waals surface area contributed by atoms with Crippen LogP contribution in [0.3, 0.4) is 0 Å². The Morgan fingerprint density at radius 3 is 2.61 bits per heavy atom. The third kappa shape index (κ3) is 8.82.